The summed E-state index contributed by atoms with van der Waals surface area (Å²) in [7, 11) is 0. The third-order valence-corrected chi connectivity index (χ3v) is 4.52. The fourth-order valence-corrected chi connectivity index (χ4v) is 3.04. The summed E-state index contributed by atoms with van der Waals surface area (Å²) in [6.07, 6.45) is 5.62. The molecule has 0 aromatic heterocycles. The molecule has 5 heteroatoms. The molecule has 2 atom stereocenters. The molecule has 0 radical (unpaired) electrons. The van der Waals surface area contributed by atoms with Crippen LogP contribution in [0.5, 0.6) is 0 Å². The molecule has 0 saturated heterocycles. The number of nitrogens with one attached hydrogen (secondary N) is 2. The van der Waals surface area contributed by atoms with Gasteiger partial charge in [-0.2, -0.15) is 0 Å². The summed E-state index contributed by atoms with van der Waals surface area (Å²) < 4.78 is 0. The number of hydrogen-bond donors (Lipinski definition) is 3. The van der Waals surface area contributed by atoms with Gasteiger partial charge >= 0.3 is 0 Å². The third-order valence-electron chi connectivity index (χ3n) is 4.52. The molecule has 1 aromatic carbocycles. The van der Waals surface area contributed by atoms with Crippen LogP contribution in [0.2, 0.25) is 0 Å². The first-order valence-electron chi connectivity index (χ1n) is 8.09. The van der Waals surface area contributed by atoms with Gasteiger partial charge in [0, 0.05) is 18.5 Å². The molecule has 2 amide bonds. The van der Waals surface area contributed by atoms with E-state index in [9.17, 15) is 9.59 Å². The summed E-state index contributed by atoms with van der Waals surface area (Å²) in [5.74, 6) is 0.0810. The average Bonchev–Trinajstić information content (AvgIpc) is 3.22. The van der Waals surface area contributed by atoms with Crippen molar-refractivity contribution in [3.8, 4) is 0 Å². The number of anilines is 1. The van der Waals surface area contributed by atoms with Gasteiger partial charge in [0.05, 0.1) is 11.3 Å². The molecule has 1 aromatic rings. The summed E-state index contributed by atoms with van der Waals surface area (Å²) in [6.45, 7) is 0. The van der Waals surface area contributed by atoms with E-state index < -0.39 is 0 Å². The number of para-hydroxylation sites is 1. The standard InChI is InChI=1S/C17H23N3O2/c18-14-6-3-4-11(14)10-16(21)20-15-7-2-1-5-13(15)17(22)19-12-8-9-12/h1-2,5,7,11-12,14H,3-4,6,8-10,18H2,(H,19,22)(H,20,21)/t11-,14+/m0/s1. The molecule has 2 aliphatic carbocycles. The van der Waals surface area contributed by atoms with E-state index in [1.165, 1.54) is 0 Å². The quantitative estimate of drug-likeness (QED) is 0.778. The lowest BCUT2D eigenvalue weighted by Gasteiger charge is -2.16. The Morgan fingerprint density at radius 2 is 1.91 bits per heavy atom. The highest BCUT2D eigenvalue weighted by molar-refractivity contribution is 6.03. The smallest absolute Gasteiger partial charge is 0.253 e. The second kappa shape index (κ2) is 6.48. The Kier molecular flexibility index (Phi) is 4.43. The van der Waals surface area contributed by atoms with Crippen LogP contribution in [0.15, 0.2) is 24.3 Å². The second-order valence-electron chi connectivity index (χ2n) is 6.40. The van der Waals surface area contributed by atoms with Crippen molar-refractivity contribution in [1.29, 1.82) is 0 Å². The maximum absolute atomic E-state index is 12.2. The van der Waals surface area contributed by atoms with E-state index in [4.69, 9.17) is 5.73 Å². The minimum Gasteiger partial charge on any atom is -0.349 e. The van der Waals surface area contributed by atoms with Crippen LogP contribution in [0.4, 0.5) is 5.69 Å². The number of hydrogen-bond acceptors (Lipinski definition) is 3. The summed E-state index contributed by atoms with van der Waals surface area (Å²) in [5, 5.41) is 5.83. The maximum atomic E-state index is 12.2. The lowest BCUT2D eigenvalue weighted by atomic mass is 9.99. The van der Waals surface area contributed by atoms with Crippen LogP contribution >= 0.6 is 0 Å². The Hall–Kier alpha value is -1.88. The van der Waals surface area contributed by atoms with Crippen LogP contribution in [-0.4, -0.2) is 23.9 Å². The van der Waals surface area contributed by atoms with Crippen molar-refractivity contribution in [1.82, 2.24) is 5.32 Å². The van der Waals surface area contributed by atoms with Crippen molar-refractivity contribution >= 4 is 17.5 Å². The van der Waals surface area contributed by atoms with E-state index in [0.717, 1.165) is 32.1 Å². The van der Waals surface area contributed by atoms with Gasteiger partial charge in [-0.3, -0.25) is 9.59 Å². The molecule has 0 bridgehead atoms. The molecule has 2 aliphatic rings. The lowest BCUT2D eigenvalue weighted by Crippen LogP contribution is -2.29. The SMILES string of the molecule is N[C@@H]1CCC[C@H]1CC(=O)Nc1ccccc1C(=O)NC1CC1. The van der Waals surface area contributed by atoms with Crippen LogP contribution in [0.3, 0.4) is 0 Å². The van der Waals surface area contributed by atoms with Gasteiger partial charge in [0.1, 0.15) is 0 Å². The van der Waals surface area contributed by atoms with Crippen molar-refractivity contribution in [2.24, 2.45) is 11.7 Å². The molecule has 118 valence electrons. The van der Waals surface area contributed by atoms with Crippen molar-refractivity contribution in [2.45, 2.75) is 50.6 Å². The zero-order valence-electron chi connectivity index (χ0n) is 12.7. The zero-order valence-corrected chi connectivity index (χ0v) is 12.7. The van der Waals surface area contributed by atoms with Gasteiger partial charge in [0.25, 0.3) is 5.91 Å². The van der Waals surface area contributed by atoms with Crippen molar-refractivity contribution in [3.63, 3.8) is 0 Å². The van der Waals surface area contributed by atoms with Gasteiger partial charge < -0.3 is 16.4 Å². The molecule has 0 spiro atoms. The zero-order chi connectivity index (χ0) is 15.5. The summed E-state index contributed by atoms with van der Waals surface area (Å²) in [5.41, 5.74) is 7.12. The van der Waals surface area contributed by atoms with Crippen LogP contribution in [0.1, 0.15) is 48.9 Å². The molecule has 5 nitrogen and oxygen atoms in total. The molecule has 4 N–H and O–H groups in total. The molecule has 0 unspecified atom stereocenters. The van der Waals surface area contributed by atoms with E-state index in [1.807, 2.05) is 12.1 Å². The van der Waals surface area contributed by atoms with Crippen molar-refractivity contribution in [2.75, 3.05) is 5.32 Å². The van der Waals surface area contributed by atoms with E-state index in [0.29, 0.717) is 23.7 Å². The normalized spacial score (nSPS) is 24.0. The number of nitrogens with two attached hydrogens (primary N) is 1. The van der Waals surface area contributed by atoms with Gasteiger partial charge in [-0.15, -0.1) is 0 Å². The highest BCUT2D eigenvalue weighted by Gasteiger charge is 2.27. The largest absolute Gasteiger partial charge is 0.349 e. The van der Waals surface area contributed by atoms with Gasteiger partial charge in [-0.05, 0) is 43.7 Å². The molecular formula is C17H23N3O2. The topological polar surface area (TPSA) is 84.2 Å². The number of carbonyl (C=O) groups excluding carboxylic acids is 2. The molecule has 2 saturated carbocycles. The van der Waals surface area contributed by atoms with Crippen LogP contribution in [-0.2, 0) is 4.79 Å². The minimum absolute atomic E-state index is 0.0611. The monoisotopic (exact) mass is 301 g/mol. The van der Waals surface area contributed by atoms with Crippen LogP contribution in [0, 0.1) is 5.92 Å². The van der Waals surface area contributed by atoms with Crippen LogP contribution in [0.25, 0.3) is 0 Å². The fraction of sp³-hybridized carbons (Fsp3) is 0.529. The number of amides is 2. The van der Waals surface area contributed by atoms with Crippen molar-refractivity contribution in [3.05, 3.63) is 29.8 Å². The molecule has 2 fully saturated rings. The number of benzene rings is 1. The predicted molar refractivity (Wildman–Crippen MR) is 85.5 cm³/mol. The predicted octanol–water partition coefficient (Wildman–Crippen LogP) is 2.03. The average molecular weight is 301 g/mol. The molecule has 22 heavy (non-hydrogen) atoms. The molecule has 0 aliphatic heterocycles. The maximum Gasteiger partial charge on any atom is 0.253 e. The van der Waals surface area contributed by atoms with E-state index in [2.05, 4.69) is 10.6 Å². The minimum atomic E-state index is -0.115. The summed E-state index contributed by atoms with van der Waals surface area (Å²) in [4.78, 5) is 24.4. The highest BCUT2D eigenvalue weighted by atomic mass is 16.2. The first-order chi connectivity index (χ1) is 10.6. The summed E-state index contributed by atoms with van der Waals surface area (Å²) in [6, 6.07) is 7.57. The fourth-order valence-electron chi connectivity index (χ4n) is 3.04. The third kappa shape index (κ3) is 3.65. The Balaban J connectivity index is 1.63. The Morgan fingerprint density at radius 3 is 2.59 bits per heavy atom. The number of carbonyl (C=O) groups is 2. The van der Waals surface area contributed by atoms with E-state index in [-0.39, 0.29) is 23.8 Å². The molecular weight excluding hydrogens is 278 g/mol. The Labute approximate surface area is 130 Å². The Bertz CT molecular complexity index is 569. The van der Waals surface area contributed by atoms with Crippen molar-refractivity contribution < 1.29 is 9.59 Å². The molecule has 0 heterocycles. The highest BCUT2D eigenvalue weighted by Crippen LogP contribution is 2.27. The van der Waals surface area contributed by atoms with Gasteiger partial charge in [0.15, 0.2) is 0 Å². The van der Waals surface area contributed by atoms with Gasteiger partial charge in [-0.1, -0.05) is 18.6 Å². The lowest BCUT2D eigenvalue weighted by molar-refractivity contribution is -0.117. The first kappa shape index (κ1) is 15.0. The van der Waals surface area contributed by atoms with Gasteiger partial charge in [0.2, 0.25) is 5.91 Å². The van der Waals surface area contributed by atoms with E-state index in [1.54, 1.807) is 12.1 Å². The van der Waals surface area contributed by atoms with E-state index >= 15 is 0 Å². The Morgan fingerprint density at radius 1 is 1.14 bits per heavy atom. The second-order valence-corrected chi connectivity index (χ2v) is 6.40. The number of rotatable bonds is 5. The summed E-state index contributed by atoms with van der Waals surface area (Å²) >= 11 is 0. The van der Waals surface area contributed by atoms with Gasteiger partial charge in [-0.25, -0.2) is 0 Å². The molecule has 3 rings (SSSR count). The van der Waals surface area contributed by atoms with Crippen LogP contribution < -0.4 is 16.4 Å². The first-order valence-corrected chi connectivity index (χ1v) is 8.09.